The number of benzene rings is 23. The summed E-state index contributed by atoms with van der Waals surface area (Å²) in [4.78, 5) is 14.3. The number of anilines is 18. The van der Waals surface area contributed by atoms with Gasteiger partial charge in [0.15, 0.2) is 0 Å². The third kappa shape index (κ3) is 17.3. The molecule has 25 rings (SSSR count). The van der Waals surface area contributed by atoms with Crippen LogP contribution in [0.2, 0.25) is 0 Å². The van der Waals surface area contributed by atoms with Gasteiger partial charge in [-0.2, -0.15) is 0 Å². The first kappa shape index (κ1) is 86.6. The van der Waals surface area contributed by atoms with Gasteiger partial charge in [-0.25, -0.2) is 0 Å². The van der Waals surface area contributed by atoms with E-state index in [1.54, 1.807) is 0 Å². The van der Waals surface area contributed by atoms with Crippen LogP contribution in [-0.4, -0.2) is 0 Å². The first-order chi connectivity index (χ1) is 70.4. The molecule has 0 amide bonds. The second-order valence-corrected chi connectivity index (χ2v) is 37.6. The smallest absolute Gasteiger partial charge is 0.0702 e. The van der Waals surface area contributed by atoms with E-state index in [-0.39, 0.29) is 0 Å². The summed E-state index contributed by atoms with van der Waals surface area (Å²) in [6.07, 6.45) is 0. The molecule has 2 aromatic heterocycles. The number of hydrogen-bond donors (Lipinski definition) is 0. The van der Waals surface area contributed by atoms with Crippen LogP contribution in [0.25, 0.3) is 118 Å². The average Bonchev–Trinajstić information content (AvgIpc) is 1.16. The highest BCUT2D eigenvalue weighted by molar-refractivity contribution is 7.26. The lowest BCUT2D eigenvalue weighted by atomic mass is 9.96. The highest BCUT2D eigenvalue weighted by atomic mass is 32.1. The molecule has 0 atom stereocenters. The van der Waals surface area contributed by atoms with Crippen LogP contribution in [0.3, 0.4) is 0 Å². The Bertz CT molecular complexity index is 8670. The normalized spacial score (nSPS) is 11.2. The first-order valence-corrected chi connectivity index (χ1v) is 49.9. The molecule has 0 aliphatic carbocycles. The number of rotatable bonds is 23. The maximum absolute atomic E-state index is 2.44. The number of thiophene rings is 2. The van der Waals surface area contributed by atoms with Crippen molar-refractivity contribution < 1.29 is 0 Å². The molecule has 2 heterocycles. The van der Waals surface area contributed by atoms with Crippen molar-refractivity contribution in [2.24, 2.45) is 0 Å². The summed E-state index contributed by atoms with van der Waals surface area (Å²) in [6.45, 7) is 0. The Kier molecular flexibility index (Phi) is 23.9. The van der Waals surface area contributed by atoms with E-state index in [9.17, 15) is 0 Å². The van der Waals surface area contributed by atoms with Crippen LogP contribution in [0.1, 0.15) is 0 Å². The monoisotopic (exact) mass is 1850 g/mol. The van der Waals surface area contributed by atoms with Gasteiger partial charge < -0.3 is 29.4 Å². The van der Waals surface area contributed by atoms with Crippen molar-refractivity contribution >= 4 is 187 Å². The predicted octanol–water partition coefficient (Wildman–Crippen LogP) is 39.6. The fraction of sp³-hybridized carbons (Fsp3) is 0. The van der Waals surface area contributed by atoms with Gasteiger partial charge in [0, 0.05) is 131 Å². The summed E-state index contributed by atoms with van der Waals surface area (Å²) < 4.78 is 4.98. The molecule has 0 spiro atoms. The summed E-state index contributed by atoms with van der Waals surface area (Å²) in [5.74, 6) is 0. The molecule has 0 N–H and O–H groups in total. The minimum Gasteiger partial charge on any atom is -0.310 e. The van der Waals surface area contributed by atoms with Crippen molar-refractivity contribution in [3.8, 4) is 55.6 Å². The van der Waals surface area contributed by atoms with Gasteiger partial charge in [-0.05, 0) is 279 Å². The molecule has 0 saturated heterocycles. The van der Waals surface area contributed by atoms with Crippen molar-refractivity contribution in [2.45, 2.75) is 0 Å². The minimum atomic E-state index is 1.07. The van der Waals surface area contributed by atoms with Crippen molar-refractivity contribution in [1.82, 2.24) is 0 Å². The zero-order valence-corrected chi connectivity index (χ0v) is 79.4. The van der Waals surface area contributed by atoms with E-state index in [1.807, 2.05) is 22.7 Å². The summed E-state index contributed by atoms with van der Waals surface area (Å²) in [5.41, 5.74) is 31.5. The lowest BCUT2D eigenvalue weighted by Crippen LogP contribution is -2.16. The van der Waals surface area contributed by atoms with Gasteiger partial charge in [-0.3, -0.25) is 0 Å². The molecular formula is C134H94N6S2. The molecule has 0 saturated carbocycles. The molecule has 23 aromatic carbocycles. The number of hydrogen-bond acceptors (Lipinski definition) is 8. The van der Waals surface area contributed by atoms with E-state index in [0.717, 1.165) is 119 Å². The Hall–Kier alpha value is -18.2. The third-order valence-corrected chi connectivity index (χ3v) is 29.0. The first-order valence-electron chi connectivity index (χ1n) is 48.2. The second kappa shape index (κ2) is 39.1. The zero-order valence-electron chi connectivity index (χ0n) is 77.8. The van der Waals surface area contributed by atoms with Gasteiger partial charge in [0.2, 0.25) is 0 Å². The topological polar surface area (TPSA) is 19.4 Å². The summed E-state index contributed by atoms with van der Waals surface area (Å²) >= 11 is 3.70. The lowest BCUT2D eigenvalue weighted by molar-refractivity contribution is 1.23. The quantitative estimate of drug-likeness (QED) is 0.0631. The predicted molar refractivity (Wildman–Crippen MR) is 609 cm³/mol. The Morgan fingerprint density at radius 1 is 0.113 bits per heavy atom. The highest BCUT2D eigenvalue weighted by Gasteiger charge is 2.28. The van der Waals surface area contributed by atoms with Crippen LogP contribution < -0.4 is 29.4 Å². The lowest BCUT2D eigenvalue weighted by Gasteiger charge is -2.33. The van der Waals surface area contributed by atoms with Gasteiger partial charge in [-0.15, -0.1) is 22.7 Å². The van der Waals surface area contributed by atoms with E-state index >= 15 is 0 Å². The Labute approximate surface area is 835 Å². The molecular weight excluding hydrogens is 1760 g/mol. The summed E-state index contributed by atoms with van der Waals surface area (Å²) in [7, 11) is 0. The van der Waals surface area contributed by atoms with Gasteiger partial charge in [0.05, 0.1) is 22.7 Å². The summed E-state index contributed by atoms with van der Waals surface area (Å²) in [5, 5.41) is 9.87. The number of nitrogens with zero attached hydrogens (tertiary/aromatic N) is 6. The van der Waals surface area contributed by atoms with Crippen LogP contribution in [0.4, 0.5) is 102 Å². The molecule has 0 bridgehead atoms. The molecule has 0 fully saturated rings. The van der Waals surface area contributed by atoms with Gasteiger partial charge >= 0.3 is 0 Å². The number of fused-ring (bicyclic) bond motifs is 8. The van der Waals surface area contributed by atoms with Gasteiger partial charge in [-0.1, -0.05) is 358 Å². The Balaban J connectivity index is 0.000000154. The fourth-order valence-corrected chi connectivity index (χ4v) is 22.5. The van der Waals surface area contributed by atoms with Crippen molar-refractivity contribution in [3.63, 3.8) is 0 Å². The fourth-order valence-electron chi connectivity index (χ4n) is 20.2. The van der Waals surface area contributed by atoms with Crippen LogP contribution in [0, 0.1) is 0 Å². The van der Waals surface area contributed by atoms with Crippen molar-refractivity contribution in [1.29, 1.82) is 0 Å². The van der Waals surface area contributed by atoms with E-state index in [1.165, 1.54) is 101 Å². The standard InChI is InChI=1S/C70H49N3S.C64H45N3S/c1-7-22-50(23-8-1)54-45-61(71(55-27-11-3-12-28-55)56-29-13-4-14-30-56)48-62(46-54)72(57-31-15-5-16-32-57)60-39-40-66-67-47-53(38-43-69(67)74-70(66)49-60)52-26-21-35-59(44-52)73(58-33-17-6-18-34-58)68-42-41-63(51-24-9-2-10-25-51)64-36-19-20-37-65(64)68;1-5-24-49(25-6-1)65(50-26-7-2-8-27-50)60-36-16-15-34-57(60)48-39-42-63-59(44-48)58-41-40-54(45-64(58)68-63)67(53-32-19-23-47(43-53)56-35-20-22-46-21-13-14-33-55(46)56)62-38-18-17-37-61(62)66(51-28-9-3-10-29-51)52-30-11-4-12-31-52/h1-49H;1-45H. The van der Waals surface area contributed by atoms with Gasteiger partial charge in [0.1, 0.15) is 0 Å². The maximum Gasteiger partial charge on any atom is 0.0702 e. The van der Waals surface area contributed by atoms with Gasteiger partial charge in [0.25, 0.3) is 0 Å². The molecule has 0 aliphatic heterocycles. The maximum atomic E-state index is 2.44. The van der Waals surface area contributed by atoms with Crippen LogP contribution >= 0.6 is 22.7 Å². The van der Waals surface area contributed by atoms with Crippen LogP contribution in [0.15, 0.2) is 570 Å². The highest BCUT2D eigenvalue weighted by Crippen LogP contribution is 2.53. The SMILES string of the molecule is c1ccc(-c2cc(N(c3ccccc3)c3ccccc3)cc(N(c3ccccc3)c3ccc4c(c3)sc3ccc(-c5cccc(N(c6ccccc6)c6ccc(-c7ccccc7)c7ccccc67)c5)cc34)c2)cc1.c1ccc(N(c2ccccc2)c2ccccc2-c2ccc3sc4cc(N(c5cccc(-c6cccc7ccccc67)c5)c5ccccc5N(c5ccccc5)c5ccccc5)ccc4c3c2)cc1. The molecule has 0 radical (unpaired) electrons. The Morgan fingerprint density at radius 3 is 0.923 bits per heavy atom. The molecule has 0 unspecified atom stereocenters. The van der Waals surface area contributed by atoms with E-state index in [0.29, 0.717) is 0 Å². The third-order valence-electron chi connectivity index (χ3n) is 26.8. The molecule has 25 aromatic rings. The molecule has 142 heavy (non-hydrogen) atoms. The molecule has 6 nitrogen and oxygen atoms in total. The van der Waals surface area contributed by atoms with E-state index in [2.05, 4.69) is 600 Å². The largest absolute Gasteiger partial charge is 0.310 e. The zero-order chi connectivity index (χ0) is 94.4. The molecule has 672 valence electrons. The van der Waals surface area contributed by atoms with Crippen LogP contribution in [-0.2, 0) is 0 Å². The molecule has 0 aliphatic rings. The second-order valence-electron chi connectivity index (χ2n) is 35.5. The molecule has 8 heteroatoms. The minimum absolute atomic E-state index is 1.07. The van der Waals surface area contributed by atoms with E-state index in [4.69, 9.17) is 0 Å². The average molecular weight is 1850 g/mol. The van der Waals surface area contributed by atoms with E-state index < -0.39 is 0 Å². The van der Waals surface area contributed by atoms with Crippen molar-refractivity contribution in [3.05, 3.63) is 570 Å². The summed E-state index contributed by atoms with van der Waals surface area (Å²) in [6, 6.07) is 206. The van der Waals surface area contributed by atoms with Crippen LogP contribution in [0.5, 0.6) is 0 Å². The Morgan fingerprint density at radius 2 is 0.415 bits per heavy atom. The number of para-hydroxylation sites is 11. The van der Waals surface area contributed by atoms with Crippen molar-refractivity contribution in [2.75, 3.05) is 29.4 Å².